The van der Waals surface area contributed by atoms with E-state index in [9.17, 15) is 5.11 Å². The van der Waals surface area contributed by atoms with Crippen LogP contribution in [-0.4, -0.2) is 25.3 Å². The van der Waals surface area contributed by atoms with Gasteiger partial charge < -0.3 is 10.0 Å². The number of benzene rings is 2. The van der Waals surface area contributed by atoms with E-state index in [0.29, 0.717) is 0 Å². The molecule has 0 radical (unpaired) electrons. The van der Waals surface area contributed by atoms with Crippen molar-refractivity contribution in [3.8, 4) is 23.7 Å². The first-order chi connectivity index (χ1) is 10.1. The largest absolute Gasteiger partial charge is 0.378 e. The van der Waals surface area contributed by atoms with E-state index in [2.05, 4.69) is 23.7 Å². The van der Waals surface area contributed by atoms with Crippen molar-refractivity contribution in [3.63, 3.8) is 0 Å². The lowest BCUT2D eigenvalue weighted by atomic mass is 10.2. The van der Waals surface area contributed by atoms with Gasteiger partial charge in [0.05, 0.1) is 0 Å². The summed E-state index contributed by atoms with van der Waals surface area (Å²) < 4.78 is 0. The highest BCUT2D eigenvalue weighted by atomic mass is 16.3. The first-order valence-electron chi connectivity index (χ1n) is 6.69. The molecule has 0 aliphatic carbocycles. The Morgan fingerprint density at radius 3 is 1.86 bits per heavy atom. The van der Waals surface area contributed by atoms with Crippen LogP contribution in [0.3, 0.4) is 0 Å². The third-order valence-electron chi connectivity index (χ3n) is 2.86. The van der Waals surface area contributed by atoms with Crippen molar-refractivity contribution in [3.05, 3.63) is 65.7 Å². The predicted octanol–water partition coefficient (Wildman–Crippen LogP) is 2.52. The molecule has 0 aromatic heterocycles. The molecule has 104 valence electrons. The summed E-state index contributed by atoms with van der Waals surface area (Å²) in [5, 5.41) is 9.76. The number of hydrogen-bond donors (Lipinski definition) is 1. The first-order valence-corrected chi connectivity index (χ1v) is 6.69. The molecule has 2 rings (SSSR count). The van der Waals surface area contributed by atoms with Gasteiger partial charge in [-0.1, -0.05) is 41.9 Å². The molecule has 0 bridgehead atoms. The maximum Gasteiger partial charge on any atom is 0.177 e. The Labute approximate surface area is 126 Å². The Kier molecular flexibility index (Phi) is 5.04. The maximum absolute atomic E-state index is 9.76. The summed E-state index contributed by atoms with van der Waals surface area (Å²) in [5.41, 5.74) is 2.85. The van der Waals surface area contributed by atoms with Crippen molar-refractivity contribution in [2.75, 3.05) is 19.0 Å². The number of aliphatic hydroxyl groups is 1. The highest BCUT2D eigenvalue weighted by Crippen LogP contribution is 2.11. The Hall–Kier alpha value is -2.68. The normalized spacial score (nSPS) is 10.6. The van der Waals surface area contributed by atoms with E-state index in [-0.39, 0.29) is 0 Å². The predicted molar refractivity (Wildman–Crippen MR) is 87.0 cm³/mol. The van der Waals surface area contributed by atoms with Crippen LogP contribution in [-0.2, 0) is 0 Å². The molecule has 0 aliphatic heterocycles. The molecule has 1 N–H and O–H groups in total. The number of anilines is 1. The van der Waals surface area contributed by atoms with Crippen LogP contribution in [0.1, 0.15) is 11.1 Å². The first kappa shape index (κ1) is 14.7. The third kappa shape index (κ3) is 4.73. The van der Waals surface area contributed by atoms with Crippen LogP contribution in [0.4, 0.5) is 5.69 Å². The SMILES string of the molecule is CN(C)c1ccc(C#CC(O)C#Cc2ccccc2)cc1. The molecule has 0 heterocycles. The second-order valence-corrected chi connectivity index (χ2v) is 4.75. The summed E-state index contributed by atoms with van der Waals surface area (Å²) >= 11 is 0. The lowest BCUT2D eigenvalue weighted by molar-refractivity contribution is 0.289. The Balaban J connectivity index is 2.03. The summed E-state index contributed by atoms with van der Waals surface area (Å²) in [7, 11) is 3.98. The van der Waals surface area contributed by atoms with E-state index in [1.54, 1.807) is 0 Å². The van der Waals surface area contributed by atoms with E-state index >= 15 is 0 Å². The van der Waals surface area contributed by atoms with Crippen molar-refractivity contribution in [1.82, 2.24) is 0 Å². The van der Waals surface area contributed by atoms with Gasteiger partial charge in [0.25, 0.3) is 0 Å². The van der Waals surface area contributed by atoms with Gasteiger partial charge in [0.2, 0.25) is 0 Å². The Bertz CT molecular complexity index is 694. The van der Waals surface area contributed by atoms with Crippen molar-refractivity contribution < 1.29 is 5.11 Å². The van der Waals surface area contributed by atoms with E-state index < -0.39 is 6.10 Å². The monoisotopic (exact) mass is 275 g/mol. The van der Waals surface area contributed by atoms with E-state index in [1.165, 1.54) is 0 Å². The number of aliphatic hydroxyl groups excluding tert-OH is 1. The molecular formula is C19H17NO. The number of hydrogen-bond acceptors (Lipinski definition) is 2. The van der Waals surface area contributed by atoms with Crippen LogP contribution in [0.5, 0.6) is 0 Å². The molecule has 1 unspecified atom stereocenters. The van der Waals surface area contributed by atoms with Gasteiger partial charge in [-0.05, 0) is 36.4 Å². The minimum Gasteiger partial charge on any atom is -0.378 e. The highest BCUT2D eigenvalue weighted by molar-refractivity contribution is 5.49. The van der Waals surface area contributed by atoms with Gasteiger partial charge in [0.1, 0.15) is 0 Å². The average molecular weight is 275 g/mol. The van der Waals surface area contributed by atoms with Gasteiger partial charge in [-0.3, -0.25) is 0 Å². The lowest BCUT2D eigenvalue weighted by Crippen LogP contribution is -2.07. The number of rotatable bonds is 1. The van der Waals surface area contributed by atoms with Crippen LogP contribution in [0.2, 0.25) is 0 Å². The molecule has 21 heavy (non-hydrogen) atoms. The molecule has 0 amide bonds. The Morgan fingerprint density at radius 2 is 1.33 bits per heavy atom. The molecule has 0 aliphatic rings. The maximum atomic E-state index is 9.76. The van der Waals surface area contributed by atoms with Crippen molar-refractivity contribution in [2.45, 2.75) is 6.10 Å². The molecule has 2 aromatic rings. The standard InChI is InChI=1S/C19H17NO/c1-20(2)18-12-8-17(9-13-18)11-15-19(21)14-10-16-6-4-3-5-7-16/h3-9,12-13,19,21H,1-2H3. The van der Waals surface area contributed by atoms with E-state index in [1.807, 2.05) is 73.6 Å². The summed E-state index contributed by atoms with van der Waals surface area (Å²) in [6.07, 6.45) is -0.946. The van der Waals surface area contributed by atoms with Gasteiger partial charge in [-0.2, -0.15) is 0 Å². The molecule has 0 saturated carbocycles. The highest BCUT2D eigenvalue weighted by Gasteiger charge is 1.94. The smallest absolute Gasteiger partial charge is 0.177 e. The van der Waals surface area contributed by atoms with Crippen LogP contribution in [0, 0.1) is 23.7 Å². The fourth-order valence-corrected chi connectivity index (χ4v) is 1.70. The van der Waals surface area contributed by atoms with E-state index in [0.717, 1.165) is 16.8 Å². The molecule has 0 fully saturated rings. The third-order valence-corrected chi connectivity index (χ3v) is 2.86. The molecule has 2 heteroatoms. The minimum atomic E-state index is -0.946. The molecule has 2 nitrogen and oxygen atoms in total. The topological polar surface area (TPSA) is 23.5 Å². The summed E-state index contributed by atoms with van der Waals surface area (Å²) in [6, 6.07) is 17.4. The van der Waals surface area contributed by atoms with Crippen LogP contribution in [0.15, 0.2) is 54.6 Å². The summed E-state index contributed by atoms with van der Waals surface area (Å²) in [4.78, 5) is 2.03. The van der Waals surface area contributed by atoms with Gasteiger partial charge in [-0.25, -0.2) is 0 Å². The zero-order chi connectivity index (χ0) is 15.1. The summed E-state index contributed by atoms with van der Waals surface area (Å²) in [6.45, 7) is 0. The van der Waals surface area contributed by atoms with Crippen molar-refractivity contribution in [2.24, 2.45) is 0 Å². The fraction of sp³-hybridized carbons (Fsp3) is 0.158. The van der Waals surface area contributed by atoms with Gasteiger partial charge in [0.15, 0.2) is 6.10 Å². The van der Waals surface area contributed by atoms with Gasteiger partial charge >= 0.3 is 0 Å². The van der Waals surface area contributed by atoms with Crippen molar-refractivity contribution >= 4 is 5.69 Å². The molecule has 2 aromatic carbocycles. The van der Waals surface area contributed by atoms with Gasteiger partial charge in [0, 0.05) is 30.9 Å². The van der Waals surface area contributed by atoms with E-state index in [4.69, 9.17) is 0 Å². The van der Waals surface area contributed by atoms with Crippen molar-refractivity contribution in [1.29, 1.82) is 0 Å². The molecule has 0 saturated heterocycles. The molecular weight excluding hydrogens is 258 g/mol. The Morgan fingerprint density at radius 1 is 0.810 bits per heavy atom. The van der Waals surface area contributed by atoms with Crippen LogP contribution in [0.25, 0.3) is 0 Å². The second-order valence-electron chi connectivity index (χ2n) is 4.75. The fourth-order valence-electron chi connectivity index (χ4n) is 1.70. The molecule has 0 spiro atoms. The van der Waals surface area contributed by atoms with Crippen LogP contribution >= 0.6 is 0 Å². The number of nitrogens with zero attached hydrogens (tertiary/aromatic N) is 1. The summed E-state index contributed by atoms with van der Waals surface area (Å²) in [5.74, 6) is 11.3. The van der Waals surface area contributed by atoms with Gasteiger partial charge in [-0.15, -0.1) is 0 Å². The quantitative estimate of drug-likeness (QED) is 0.808. The average Bonchev–Trinajstić information content (AvgIpc) is 2.52. The zero-order valence-electron chi connectivity index (χ0n) is 12.2. The molecule has 1 atom stereocenters. The zero-order valence-corrected chi connectivity index (χ0v) is 12.2. The minimum absolute atomic E-state index is 0.862. The lowest BCUT2D eigenvalue weighted by Gasteiger charge is -2.11. The second kappa shape index (κ2) is 7.20. The van der Waals surface area contributed by atoms with Crippen LogP contribution < -0.4 is 4.90 Å².